The third-order valence-electron chi connectivity index (χ3n) is 12.1. The van der Waals surface area contributed by atoms with Crippen LogP contribution < -0.4 is 0 Å². The van der Waals surface area contributed by atoms with Crippen LogP contribution in [0.5, 0.6) is 0 Å². The number of benzene rings is 2. The number of aromatic nitrogens is 6. The van der Waals surface area contributed by atoms with E-state index in [-0.39, 0.29) is 26.2 Å². The third-order valence-corrected chi connectivity index (χ3v) is 15.4. The molecule has 0 amide bonds. The number of alkyl halides is 2. The van der Waals surface area contributed by atoms with Gasteiger partial charge in [-0.05, 0) is 112 Å². The molecule has 6 aromatic rings. The van der Waals surface area contributed by atoms with Crippen LogP contribution in [0.1, 0.15) is 125 Å². The maximum atomic E-state index is 13.6. The van der Waals surface area contributed by atoms with E-state index in [0.29, 0.717) is 60.4 Å². The number of carbonyl (C=O) groups is 2. The van der Waals surface area contributed by atoms with E-state index < -0.39 is 38.4 Å². The first-order valence-electron chi connectivity index (χ1n) is 21.4. The summed E-state index contributed by atoms with van der Waals surface area (Å²) in [5.74, 6) is 1.31. The predicted octanol–water partition coefficient (Wildman–Crippen LogP) is 9.31. The minimum atomic E-state index is -3.95. The number of imidazole rings is 2. The summed E-state index contributed by atoms with van der Waals surface area (Å²) in [6.07, 6.45) is 9.91. The Morgan fingerprint density at radius 3 is 1.44 bits per heavy atom. The molecule has 0 bridgehead atoms. The molecule has 4 heterocycles. The van der Waals surface area contributed by atoms with Crippen molar-refractivity contribution < 1.29 is 40.3 Å². The van der Waals surface area contributed by atoms with Gasteiger partial charge in [0.15, 0.2) is 6.29 Å². The van der Waals surface area contributed by atoms with E-state index in [4.69, 9.17) is 15.1 Å². The number of rotatable bonds is 10. The average molecular weight is 907 g/mol. The van der Waals surface area contributed by atoms with Gasteiger partial charge in [-0.1, -0.05) is 41.5 Å². The minimum absolute atomic E-state index is 0.0422. The SMILES string of the molecule is CC(C)(C)c1nc2cc(S(=O)(=O)n3ccc(C(=O)O)c3)ccc2n1CC1CCC(F)CC1.CC(C)(C)c1nc2cc(S(=O)(=O)n3ccc(C=O)c3)ccc2n1CC1CCC(F)CC1. The van der Waals surface area contributed by atoms with Crippen LogP contribution in [-0.4, -0.2) is 73.6 Å². The first-order chi connectivity index (χ1) is 29.6. The Bertz CT molecular complexity index is 2870. The van der Waals surface area contributed by atoms with Crippen molar-refractivity contribution >= 4 is 54.4 Å². The summed E-state index contributed by atoms with van der Waals surface area (Å²) in [4.78, 5) is 31.8. The van der Waals surface area contributed by atoms with Crippen molar-refractivity contribution in [1.29, 1.82) is 0 Å². The van der Waals surface area contributed by atoms with Crippen molar-refractivity contribution in [3.63, 3.8) is 0 Å². The number of aldehydes is 1. The third kappa shape index (κ3) is 9.69. The highest BCUT2D eigenvalue weighted by Crippen LogP contribution is 2.35. The van der Waals surface area contributed by atoms with Crippen LogP contribution >= 0.6 is 0 Å². The van der Waals surface area contributed by atoms with Gasteiger partial charge in [-0.25, -0.2) is 48.3 Å². The molecule has 2 fully saturated rings. The van der Waals surface area contributed by atoms with Crippen LogP contribution in [0.2, 0.25) is 0 Å². The molecule has 0 aliphatic heterocycles. The van der Waals surface area contributed by atoms with Crippen LogP contribution in [0, 0.1) is 11.8 Å². The minimum Gasteiger partial charge on any atom is -0.478 e. The van der Waals surface area contributed by atoms with Crippen molar-refractivity contribution in [3.05, 3.63) is 96.1 Å². The lowest BCUT2D eigenvalue weighted by molar-refractivity contribution is 0.0696. The molecule has 0 radical (unpaired) electrons. The normalized spacial score (nSPS) is 20.1. The van der Waals surface area contributed by atoms with Crippen molar-refractivity contribution in [2.24, 2.45) is 11.8 Å². The number of nitrogens with zero attached hydrogens (tertiary/aromatic N) is 6. The van der Waals surface area contributed by atoms with E-state index in [9.17, 15) is 35.2 Å². The lowest BCUT2D eigenvalue weighted by Crippen LogP contribution is -2.24. The zero-order valence-electron chi connectivity index (χ0n) is 36.5. The fraction of sp³-hybridized carbons (Fsp3) is 0.478. The fourth-order valence-electron chi connectivity index (χ4n) is 8.69. The molecule has 0 unspecified atom stereocenters. The summed E-state index contributed by atoms with van der Waals surface area (Å²) in [6.45, 7) is 13.9. The van der Waals surface area contributed by atoms with Gasteiger partial charge in [-0.3, -0.25) is 4.79 Å². The number of hydrogen-bond donors (Lipinski definition) is 1. The topological polar surface area (TPSA) is 168 Å². The molecule has 17 heteroatoms. The molecule has 0 spiro atoms. The number of aromatic carboxylic acids is 1. The Morgan fingerprint density at radius 2 is 1.08 bits per heavy atom. The molecule has 2 aliphatic rings. The van der Waals surface area contributed by atoms with Gasteiger partial charge in [-0.15, -0.1) is 0 Å². The van der Waals surface area contributed by atoms with Gasteiger partial charge in [0.05, 0.1) is 37.4 Å². The molecule has 0 atom stereocenters. The predicted molar refractivity (Wildman–Crippen MR) is 237 cm³/mol. The molecular formula is C46H56F2N6O7S2. The number of fused-ring (bicyclic) bond motifs is 2. The molecule has 8 rings (SSSR count). The standard InChI is InChI=1S/C23H28FN3O4S.C23H28FN3O3S/c1-23(2,3)22-25-19-12-18(32(30,31)26-11-10-16(14-26)21(28)29)8-9-20(19)27(22)13-15-4-6-17(24)7-5-15;1-23(2,3)22-25-20-12-19(31(29,30)26-11-10-17(13-26)15-28)8-9-21(20)27(22)14-16-4-6-18(24)7-5-16/h8-12,14-15,17H,4-7,13H2,1-3H3,(H,28,29);8-13,15-16,18H,4-7,14H2,1-3H3. The van der Waals surface area contributed by atoms with Crippen LogP contribution in [0.4, 0.5) is 8.78 Å². The smallest absolute Gasteiger partial charge is 0.337 e. The summed E-state index contributed by atoms with van der Waals surface area (Å²) < 4.78 is 85.6. The second-order valence-corrected chi connectivity index (χ2v) is 22.8. The number of halogens is 2. The van der Waals surface area contributed by atoms with Gasteiger partial charge in [-0.2, -0.15) is 0 Å². The van der Waals surface area contributed by atoms with Gasteiger partial charge >= 0.3 is 5.97 Å². The highest BCUT2D eigenvalue weighted by molar-refractivity contribution is 7.90. The zero-order valence-corrected chi connectivity index (χ0v) is 38.2. The van der Waals surface area contributed by atoms with Crippen molar-refractivity contribution in [2.45, 2.75) is 139 Å². The monoisotopic (exact) mass is 906 g/mol. The maximum Gasteiger partial charge on any atom is 0.337 e. The van der Waals surface area contributed by atoms with Gasteiger partial charge in [0, 0.05) is 54.3 Å². The molecule has 2 aliphatic carbocycles. The Kier molecular flexibility index (Phi) is 12.7. The molecule has 2 saturated carbocycles. The number of carboxylic acids is 1. The summed E-state index contributed by atoms with van der Waals surface area (Å²) in [7, 11) is -7.78. The number of hydrogen-bond acceptors (Lipinski definition) is 8. The quantitative estimate of drug-likeness (QED) is 0.132. The van der Waals surface area contributed by atoms with Crippen LogP contribution in [0.25, 0.3) is 22.1 Å². The molecule has 4 aromatic heterocycles. The molecule has 13 nitrogen and oxygen atoms in total. The molecule has 0 saturated heterocycles. The maximum absolute atomic E-state index is 13.6. The van der Waals surface area contributed by atoms with Gasteiger partial charge < -0.3 is 14.2 Å². The highest BCUT2D eigenvalue weighted by atomic mass is 32.2. The van der Waals surface area contributed by atoms with Crippen molar-refractivity contribution in [1.82, 2.24) is 27.0 Å². The average Bonchev–Trinajstić information content (AvgIpc) is 4.05. The summed E-state index contributed by atoms with van der Waals surface area (Å²) in [5.41, 5.74) is 2.63. The zero-order chi connectivity index (χ0) is 45.6. The van der Waals surface area contributed by atoms with E-state index in [2.05, 4.69) is 50.7 Å². The Labute approximate surface area is 367 Å². The van der Waals surface area contributed by atoms with Gasteiger partial charge in [0.25, 0.3) is 20.0 Å². The van der Waals surface area contributed by atoms with Gasteiger partial charge in [0.2, 0.25) is 0 Å². The fourth-order valence-corrected chi connectivity index (χ4v) is 11.1. The summed E-state index contributed by atoms with van der Waals surface area (Å²) >= 11 is 0. The second-order valence-electron chi connectivity index (χ2n) is 19.1. The first kappa shape index (κ1) is 45.9. The van der Waals surface area contributed by atoms with Crippen molar-refractivity contribution in [3.8, 4) is 0 Å². The Hall–Kier alpha value is -5.16. The van der Waals surface area contributed by atoms with Crippen LogP contribution in [0.3, 0.4) is 0 Å². The molecular weight excluding hydrogens is 851 g/mol. The lowest BCUT2D eigenvalue weighted by atomic mass is 9.87. The van der Waals surface area contributed by atoms with E-state index in [1.165, 1.54) is 42.9 Å². The summed E-state index contributed by atoms with van der Waals surface area (Å²) in [5, 5.41) is 9.09. The number of carboxylic acid groups (broad SMARTS) is 1. The Balaban J connectivity index is 0.000000189. The van der Waals surface area contributed by atoms with Crippen LogP contribution in [-0.2, 0) is 44.0 Å². The number of carbonyl (C=O) groups excluding carboxylic acids is 1. The lowest BCUT2D eigenvalue weighted by Gasteiger charge is -2.27. The van der Waals surface area contributed by atoms with Gasteiger partial charge in [0.1, 0.15) is 24.0 Å². The molecule has 338 valence electrons. The first-order valence-corrected chi connectivity index (χ1v) is 24.3. The Morgan fingerprint density at radius 1 is 0.667 bits per heavy atom. The van der Waals surface area contributed by atoms with E-state index in [1.54, 1.807) is 24.3 Å². The largest absolute Gasteiger partial charge is 0.478 e. The highest BCUT2D eigenvalue weighted by Gasteiger charge is 2.30. The second kappa shape index (κ2) is 17.4. The van der Waals surface area contributed by atoms with E-state index in [1.807, 2.05) is 0 Å². The molecule has 1 N–H and O–H groups in total. The van der Waals surface area contributed by atoms with Crippen molar-refractivity contribution in [2.75, 3.05) is 0 Å². The molecule has 63 heavy (non-hydrogen) atoms. The van der Waals surface area contributed by atoms with E-state index >= 15 is 0 Å². The van der Waals surface area contributed by atoms with E-state index in [0.717, 1.165) is 75.6 Å². The van der Waals surface area contributed by atoms with Crippen LogP contribution in [0.15, 0.2) is 83.1 Å². The molecule has 2 aromatic carbocycles. The summed E-state index contributed by atoms with van der Waals surface area (Å²) in [6, 6.07) is 12.5.